The zero-order chi connectivity index (χ0) is 20.1. The van der Waals surface area contributed by atoms with E-state index in [1.54, 1.807) is 0 Å². The fourth-order valence-corrected chi connectivity index (χ4v) is 1.66. The number of hydrogen-bond acceptors (Lipinski definition) is 2. The number of hydrogen-bond donors (Lipinski definition) is 0. The van der Waals surface area contributed by atoms with E-state index in [9.17, 15) is 57.1 Å². The summed E-state index contributed by atoms with van der Waals surface area (Å²) >= 11 is 0. The van der Waals surface area contributed by atoms with E-state index < -0.39 is 61.7 Å². The van der Waals surface area contributed by atoms with Crippen molar-refractivity contribution < 1.29 is 66.5 Å². The highest BCUT2D eigenvalue weighted by atomic mass is 19.4. The Labute approximate surface area is 129 Å². The molecule has 0 unspecified atom stereocenters. The zero-order valence-electron chi connectivity index (χ0n) is 11.4. The molecule has 0 amide bonds. The summed E-state index contributed by atoms with van der Waals surface area (Å²) in [5, 5.41) is 0. The second-order valence-electron chi connectivity index (χ2n) is 4.88. The maximum Gasteiger partial charge on any atom is 0.460 e. The van der Waals surface area contributed by atoms with E-state index in [0.717, 1.165) is 0 Å². The monoisotopic (exact) mass is 406 g/mol. The van der Waals surface area contributed by atoms with Crippen LogP contribution in [0.25, 0.3) is 0 Å². The van der Waals surface area contributed by atoms with Crippen molar-refractivity contribution in [3.63, 3.8) is 0 Å². The van der Waals surface area contributed by atoms with Crippen molar-refractivity contribution in [2.24, 2.45) is 0 Å². The third kappa shape index (κ3) is 3.24. The van der Waals surface area contributed by atoms with Crippen LogP contribution in [0.5, 0.6) is 0 Å². The smallest absolute Gasteiger partial charge is 0.350 e. The van der Waals surface area contributed by atoms with E-state index in [1.165, 1.54) is 0 Å². The van der Waals surface area contributed by atoms with Gasteiger partial charge in [-0.3, -0.25) is 0 Å². The average molecular weight is 406 g/mol. The van der Waals surface area contributed by atoms with Crippen molar-refractivity contribution >= 4 is 0 Å². The predicted molar refractivity (Wildman–Crippen MR) is 51.1 cm³/mol. The van der Waals surface area contributed by atoms with Crippen LogP contribution in [0.3, 0.4) is 0 Å². The molecule has 0 saturated carbocycles. The topological polar surface area (TPSA) is 18.5 Å². The molecule has 0 aliphatic carbocycles. The molecule has 1 aliphatic rings. The minimum atomic E-state index is -7.89. The molecule has 1 saturated heterocycles. The van der Waals surface area contributed by atoms with Crippen LogP contribution < -0.4 is 0 Å². The highest BCUT2D eigenvalue weighted by molar-refractivity contribution is 5.10. The molecule has 1 aliphatic heterocycles. The predicted octanol–water partition coefficient (Wildman–Crippen LogP) is 4.49. The molecular formula is C10H7F13O2. The summed E-state index contributed by atoms with van der Waals surface area (Å²) in [6.45, 7) is -0.907. The van der Waals surface area contributed by atoms with Crippen molar-refractivity contribution in [2.75, 3.05) is 13.2 Å². The standard InChI is InChI=1S/C10H7F13O2/c11-5(12,3-4-24-1-2-25-4)6(13,14)7(15,16)8(17,18)9(19,20)10(21,22)23/h4H,1-3H2. The van der Waals surface area contributed by atoms with Gasteiger partial charge in [0.1, 0.15) is 0 Å². The maximum absolute atomic E-state index is 13.3. The molecule has 150 valence electrons. The summed E-state index contributed by atoms with van der Waals surface area (Å²) in [4.78, 5) is 0. The van der Waals surface area contributed by atoms with Crippen LogP contribution >= 0.6 is 0 Å². The molecule has 0 N–H and O–H groups in total. The Morgan fingerprint density at radius 1 is 0.560 bits per heavy atom. The van der Waals surface area contributed by atoms with Gasteiger partial charge in [-0.15, -0.1) is 0 Å². The molecule has 1 fully saturated rings. The Hall–Kier alpha value is -0.990. The molecule has 15 heteroatoms. The van der Waals surface area contributed by atoms with Gasteiger partial charge in [-0.05, 0) is 0 Å². The lowest BCUT2D eigenvalue weighted by molar-refractivity contribution is -0.441. The molecule has 1 heterocycles. The van der Waals surface area contributed by atoms with Crippen LogP contribution in [0.1, 0.15) is 6.42 Å². The summed E-state index contributed by atoms with van der Waals surface area (Å²) in [7, 11) is 0. The van der Waals surface area contributed by atoms with E-state index in [1.807, 2.05) is 0 Å². The van der Waals surface area contributed by atoms with Gasteiger partial charge in [-0.25, -0.2) is 0 Å². The molecule has 2 nitrogen and oxygen atoms in total. The Morgan fingerprint density at radius 3 is 1.28 bits per heavy atom. The van der Waals surface area contributed by atoms with Crippen molar-refractivity contribution in [2.45, 2.75) is 48.5 Å². The minimum Gasteiger partial charge on any atom is -0.350 e. The summed E-state index contributed by atoms with van der Waals surface area (Å²) in [6.07, 6.45) is -12.2. The highest BCUT2D eigenvalue weighted by Crippen LogP contribution is 2.60. The SMILES string of the molecule is FC(F)(F)C(F)(F)C(F)(F)C(F)(F)C(F)(F)C(F)(F)CC1OCCO1. The molecule has 1 rings (SSSR count). The number of rotatable bonds is 6. The molecular weight excluding hydrogens is 399 g/mol. The summed E-state index contributed by atoms with van der Waals surface area (Å²) in [5.41, 5.74) is 0. The van der Waals surface area contributed by atoms with E-state index in [4.69, 9.17) is 0 Å². The molecule has 0 aromatic heterocycles. The molecule has 0 bridgehead atoms. The average Bonchev–Trinajstić information content (AvgIpc) is 2.88. The van der Waals surface area contributed by atoms with Crippen LogP contribution in [-0.2, 0) is 9.47 Å². The number of halogens is 13. The molecule has 0 aromatic rings. The van der Waals surface area contributed by atoms with Crippen LogP contribution in [-0.4, -0.2) is 55.3 Å². The van der Waals surface area contributed by atoms with E-state index in [2.05, 4.69) is 9.47 Å². The quantitative estimate of drug-likeness (QED) is 0.606. The molecule has 0 atom stereocenters. The summed E-state index contributed by atoms with van der Waals surface area (Å²) in [6, 6.07) is 0. The third-order valence-corrected chi connectivity index (χ3v) is 3.11. The lowest BCUT2D eigenvalue weighted by Crippen LogP contribution is -2.70. The van der Waals surface area contributed by atoms with Gasteiger partial charge in [-0.2, -0.15) is 57.1 Å². The third-order valence-electron chi connectivity index (χ3n) is 3.11. The molecule has 0 aromatic carbocycles. The number of alkyl halides is 13. The van der Waals surface area contributed by atoms with Gasteiger partial charge in [0.25, 0.3) is 0 Å². The van der Waals surface area contributed by atoms with Crippen molar-refractivity contribution in [3.05, 3.63) is 0 Å². The molecule has 25 heavy (non-hydrogen) atoms. The van der Waals surface area contributed by atoms with Crippen LogP contribution in [0.15, 0.2) is 0 Å². The second-order valence-corrected chi connectivity index (χ2v) is 4.88. The first kappa shape index (κ1) is 22.1. The lowest BCUT2D eigenvalue weighted by atomic mass is 9.92. The van der Waals surface area contributed by atoms with Crippen LogP contribution in [0.4, 0.5) is 57.1 Å². The van der Waals surface area contributed by atoms with Crippen molar-refractivity contribution in [3.8, 4) is 0 Å². The normalized spacial score (nSPS) is 19.6. The van der Waals surface area contributed by atoms with Crippen molar-refractivity contribution in [1.29, 1.82) is 0 Å². The van der Waals surface area contributed by atoms with Gasteiger partial charge < -0.3 is 9.47 Å². The van der Waals surface area contributed by atoms with Gasteiger partial charge in [0.15, 0.2) is 6.29 Å². The first-order chi connectivity index (χ1) is 10.8. The minimum absolute atomic E-state index is 0.453. The lowest BCUT2D eigenvalue weighted by Gasteiger charge is -2.40. The summed E-state index contributed by atoms with van der Waals surface area (Å²) in [5.74, 6) is -36.9. The molecule has 0 radical (unpaired) electrons. The van der Waals surface area contributed by atoms with Crippen LogP contribution in [0.2, 0.25) is 0 Å². The van der Waals surface area contributed by atoms with E-state index >= 15 is 0 Å². The van der Waals surface area contributed by atoms with Gasteiger partial charge in [0, 0.05) is 0 Å². The Bertz CT molecular complexity index is 478. The first-order valence-electron chi connectivity index (χ1n) is 6.02. The van der Waals surface area contributed by atoms with Gasteiger partial charge >= 0.3 is 35.8 Å². The first-order valence-corrected chi connectivity index (χ1v) is 6.02. The fourth-order valence-electron chi connectivity index (χ4n) is 1.66. The maximum atomic E-state index is 13.3. The summed E-state index contributed by atoms with van der Waals surface area (Å²) < 4.78 is 174. The van der Waals surface area contributed by atoms with Gasteiger partial charge in [-0.1, -0.05) is 0 Å². The van der Waals surface area contributed by atoms with Gasteiger partial charge in [0.2, 0.25) is 0 Å². The Morgan fingerprint density at radius 2 is 0.920 bits per heavy atom. The number of ether oxygens (including phenoxy) is 2. The van der Waals surface area contributed by atoms with E-state index in [-0.39, 0.29) is 0 Å². The second kappa shape index (κ2) is 6.03. The Balaban J connectivity index is 3.27. The molecule has 0 spiro atoms. The fraction of sp³-hybridized carbons (Fsp3) is 1.00. The zero-order valence-corrected chi connectivity index (χ0v) is 11.4. The Kier molecular flexibility index (Phi) is 5.32. The van der Waals surface area contributed by atoms with Gasteiger partial charge in [0.05, 0.1) is 19.6 Å². The van der Waals surface area contributed by atoms with Crippen LogP contribution in [0, 0.1) is 0 Å². The van der Waals surface area contributed by atoms with Crippen molar-refractivity contribution in [1.82, 2.24) is 0 Å². The van der Waals surface area contributed by atoms with E-state index in [0.29, 0.717) is 0 Å². The highest BCUT2D eigenvalue weighted by Gasteiger charge is 2.90. The largest absolute Gasteiger partial charge is 0.460 e.